The van der Waals surface area contributed by atoms with Crippen LogP contribution in [0, 0.1) is 13.8 Å². The third-order valence-electron chi connectivity index (χ3n) is 3.94. The molecule has 0 unspecified atom stereocenters. The van der Waals surface area contributed by atoms with Crippen molar-refractivity contribution in [3.05, 3.63) is 59.2 Å². The molecular weight excluding hydrogens is 334 g/mol. The molecule has 0 bridgehead atoms. The molecule has 0 aliphatic heterocycles. The number of hydrogen-bond donors (Lipinski definition) is 1. The van der Waals surface area contributed by atoms with E-state index in [-0.39, 0.29) is 18.3 Å². The molecule has 0 radical (unpaired) electrons. The first-order chi connectivity index (χ1) is 12.0. The van der Waals surface area contributed by atoms with Gasteiger partial charge in [0, 0.05) is 10.5 Å². The van der Waals surface area contributed by atoms with Crippen molar-refractivity contribution < 1.29 is 9.21 Å². The van der Waals surface area contributed by atoms with E-state index in [0.29, 0.717) is 5.89 Å². The molecule has 0 spiro atoms. The van der Waals surface area contributed by atoms with Crippen molar-refractivity contribution in [2.45, 2.75) is 25.2 Å². The Kier molecular flexibility index (Phi) is 5.19. The third-order valence-corrected chi connectivity index (χ3v) is 4.69. The molecule has 1 amide bonds. The van der Waals surface area contributed by atoms with Gasteiger partial charge in [-0.15, -0.1) is 16.9 Å². The molecule has 6 heteroatoms. The molecular formula is C19H19N3O2S. The van der Waals surface area contributed by atoms with Gasteiger partial charge in [0.05, 0.1) is 6.42 Å². The van der Waals surface area contributed by atoms with Crippen LogP contribution in [0.2, 0.25) is 0 Å². The fourth-order valence-electron chi connectivity index (χ4n) is 2.39. The predicted molar refractivity (Wildman–Crippen MR) is 99.8 cm³/mol. The minimum Gasteiger partial charge on any atom is -0.403 e. The highest BCUT2D eigenvalue weighted by Crippen LogP contribution is 2.23. The van der Waals surface area contributed by atoms with E-state index in [1.165, 1.54) is 11.1 Å². The number of carbonyl (C=O) groups excluding carboxylic acids is 1. The van der Waals surface area contributed by atoms with Crippen LogP contribution in [0.15, 0.2) is 51.8 Å². The Morgan fingerprint density at radius 3 is 2.52 bits per heavy atom. The summed E-state index contributed by atoms with van der Waals surface area (Å²) in [5.74, 6) is 0.199. The lowest BCUT2D eigenvalue weighted by Crippen LogP contribution is -2.14. The first-order valence-electron chi connectivity index (χ1n) is 7.89. The SMILES string of the molecule is CSc1ccc(-c2nnc(NC(=O)Cc3ccc(C)c(C)c3)o2)cc1. The van der Waals surface area contributed by atoms with Gasteiger partial charge in [0.1, 0.15) is 0 Å². The Hall–Kier alpha value is -2.60. The number of aromatic nitrogens is 2. The molecule has 1 aromatic heterocycles. The predicted octanol–water partition coefficient (Wildman–Crippen LogP) is 4.26. The summed E-state index contributed by atoms with van der Waals surface area (Å²) in [7, 11) is 0. The molecule has 128 valence electrons. The van der Waals surface area contributed by atoms with Crippen molar-refractivity contribution in [1.82, 2.24) is 10.2 Å². The Morgan fingerprint density at radius 2 is 1.84 bits per heavy atom. The van der Waals surface area contributed by atoms with Crippen LogP contribution in [-0.4, -0.2) is 22.4 Å². The summed E-state index contributed by atoms with van der Waals surface area (Å²) in [5, 5.41) is 10.5. The van der Waals surface area contributed by atoms with Crippen LogP contribution in [-0.2, 0) is 11.2 Å². The van der Waals surface area contributed by atoms with Gasteiger partial charge in [-0.2, -0.15) is 0 Å². The van der Waals surface area contributed by atoms with Crippen molar-refractivity contribution in [2.75, 3.05) is 11.6 Å². The molecule has 1 heterocycles. The summed E-state index contributed by atoms with van der Waals surface area (Å²) in [5.41, 5.74) is 4.14. The van der Waals surface area contributed by atoms with Gasteiger partial charge in [-0.1, -0.05) is 23.3 Å². The summed E-state index contributed by atoms with van der Waals surface area (Å²) in [6.45, 7) is 4.08. The number of amides is 1. The van der Waals surface area contributed by atoms with Crippen LogP contribution in [0.4, 0.5) is 6.01 Å². The standard InChI is InChI=1S/C19H19N3O2S/c1-12-4-5-14(10-13(12)2)11-17(23)20-19-22-21-18(24-19)15-6-8-16(25-3)9-7-15/h4-10H,11H2,1-3H3,(H,20,22,23). The molecule has 0 fully saturated rings. The fourth-order valence-corrected chi connectivity index (χ4v) is 2.79. The summed E-state index contributed by atoms with van der Waals surface area (Å²) in [4.78, 5) is 13.3. The van der Waals surface area contributed by atoms with E-state index in [4.69, 9.17) is 4.42 Å². The zero-order chi connectivity index (χ0) is 17.8. The number of nitrogens with one attached hydrogen (secondary N) is 1. The highest BCUT2D eigenvalue weighted by molar-refractivity contribution is 7.98. The quantitative estimate of drug-likeness (QED) is 0.694. The van der Waals surface area contributed by atoms with Crippen LogP contribution >= 0.6 is 11.8 Å². The average Bonchev–Trinajstić information content (AvgIpc) is 3.06. The number of nitrogens with zero attached hydrogens (tertiary/aromatic N) is 2. The molecule has 0 aliphatic carbocycles. The summed E-state index contributed by atoms with van der Waals surface area (Å²) < 4.78 is 5.53. The fraction of sp³-hybridized carbons (Fsp3) is 0.211. The van der Waals surface area contributed by atoms with Crippen LogP contribution in [0.3, 0.4) is 0 Å². The monoisotopic (exact) mass is 353 g/mol. The smallest absolute Gasteiger partial charge is 0.322 e. The Balaban J connectivity index is 1.65. The van der Waals surface area contributed by atoms with Crippen LogP contribution in [0.5, 0.6) is 0 Å². The maximum Gasteiger partial charge on any atom is 0.322 e. The summed E-state index contributed by atoms with van der Waals surface area (Å²) in [6, 6.07) is 13.9. The van der Waals surface area contributed by atoms with Gasteiger partial charge in [0.15, 0.2) is 0 Å². The number of aryl methyl sites for hydroxylation is 2. The first kappa shape index (κ1) is 17.2. The van der Waals surface area contributed by atoms with E-state index in [2.05, 4.69) is 15.5 Å². The summed E-state index contributed by atoms with van der Waals surface area (Å²) >= 11 is 1.67. The molecule has 25 heavy (non-hydrogen) atoms. The van der Waals surface area contributed by atoms with E-state index in [1.54, 1.807) is 11.8 Å². The molecule has 1 N–H and O–H groups in total. The highest BCUT2D eigenvalue weighted by Gasteiger charge is 2.12. The number of anilines is 1. The van der Waals surface area contributed by atoms with Gasteiger partial charge in [-0.3, -0.25) is 10.1 Å². The molecule has 0 atom stereocenters. The number of hydrogen-bond acceptors (Lipinski definition) is 5. The maximum absolute atomic E-state index is 12.2. The van der Waals surface area contributed by atoms with Gasteiger partial charge in [0.2, 0.25) is 11.8 Å². The third kappa shape index (κ3) is 4.28. The number of rotatable bonds is 5. The number of carbonyl (C=O) groups is 1. The van der Waals surface area contributed by atoms with Crippen LogP contribution in [0.1, 0.15) is 16.7 Å². The Morgan fingerprint density at radius 1 is 1.08 bits per heavy atom. The second-order valence-corrected chi connectivity index (χ2v) is 6.66. The number of thioether (sulfide) groups is 1. The lowest BCUT2D eigenvalue weighted by Gasteiger charge is -2.04. The van der Waals surface area contributed by atoms with Crippen LogP contribution < -0.4 is 5.32 Å². The molecule has 3 aromatic rings. The van der Waals surface area contributed by atoms with Crippen molar-refractivity contribution >= 4 is 23.7 Å². The topological polar surface area (TPSA) is 68.0 Å². The van der Waals surface area contributed by atoms with Crippen molar-refractivity contribution in [3.63, 3.8) is 0 Å². The van der Waals surface area contributed by atoms with E-state index < -0.39 is 0 Å². The number of benzene rings is 2. The Labute approximate surface area is 150 Å². The van der Waals surface area contributed by atoms with Gasteiger partial charge < -0.3 is 4.42 Å². The lowest BCUT2D eigenvalue weighted by molar-refractivity contribution is -0.115. The second kappa shape index (κ2) is 7.53. The van der Waals surface area contributed by atoms with Crippen molar-refractivity contribution in [1.29, 1.82) is 0 Å². The van der Waals surface area contributed by atoms with Crippen molar-refractivity contribution in [2.24, 2.45) is 0 Å². The van der Waals surface area contributed by atoms with E-state index in [9.17, 15) is 4.79 Å². The minimum absolute atomic E-state index is 0.109. The lowest BCUT2D eigenvalue weighted by atomic mass is 10.0. The van der Waals surface area contributed by atoms with Gasteiger partial charge in [-0.25, -0.2) is 0 Å². The molecule has 3 rings (SSSR count). The molecule has 0 saturated heterocycles. The van der Waals surface area contributed by atoms with E-state index in [0.717, 1.165) is 16.0 Å². The molecule has 0 saturated carbocycles. The van der Waals surface area contributed by atoms with Gasteiger partial charge >= 0.3 is 6.01 Å². The average molecular weight is 353 g/mol. The maximum atomic E-state index is 12.2. The van der Waals surface area contributed by atoms with E-state index in [1.807, 2.05) is 62.6 Å². The largest absolute Gasteiger partial charge is 0.403 e. The van der Waals surface area contributed by atoms with Crippen LogP contribution in [0.25, 0.3) is 11.5 Å². The zero-order valence-corrected chi connectivity index (χ0v) is 15.2. The molecule has 0 aliphatic rings. The molecule has 2 aromatic carbocycles. The van der Waals surface area contributed by atoms with Crippen molar-refractivity contribution in [3.8, 4) is 11.5 Å². The zero-order valence-electron chi connectivity index (χ0n) is 14.4. The normalized spacial score (nSPS) is 10.7. The van der Waals surface area contributed by atoms with E-state index >= 15 is 0 Å². The first-order valence-corrected chi connectivity index (χ1v) is 9.11. The second-order valence-electron chi connectivity index (χ2n) is 5.78. The van der Waals surface area contributed by atoms with Gasteiger partial charge in [0.25, 0.3) is 0 Å². The minimum atomic E-state index is -0.184. The summed E-state index contributed by atoms with van der Waals surface area (Å²) in [6.07, 6.45) is 2.28. The Bertz CT molecular complexity index is 888. The van der Waals surface area contributed by atoms with Gasteiger partial charge in [-0.05, 0) is 61.1 Å². The highest BCUT2D eigenvalue weighted by atomic mass is 32.2. The molecule has 5 nitrogen and oxygen atoms in total.